The SMILES string of the molecule is Cn1c(N)cc(-c2ccccn2)cc1=O. The molecule has 0 aliphatic heterocycles. The standard InChI is InChI=1S/C11H11N3O/c1-14-10(12)6-8(7-11(14)15)9-4-2-3-5-13-9/h2-7H,12H2,1H3. The van der Waals surface area contributed by atoms with Crippen LogP contribution in [-0.4, -0.2) is 9.55 Å². The molecule has 0 aliphatic carbocycles. The third-order valence-electron chi connectivity index (χ3n) is 2.26. The molecule has 4 nitrogen and oxygen atoms in total. The minimum absolute atomic E-state index is 0.129. The fraction of sp³-hybridized carbons (Fsp3) is 0.0909. The predicted octanol–water partition coefficient (Wildman–Crippen LogP) is 1.03. The third kappa shape index (κ3) is 1.74. The van der Waals surface area contributed by atoms with Gasteiger partial charge in [0, 0.05) is 24.9 Å². The molecule has 0 saturated carbocycles. The first-order valence-corrected chi connectivity index (χ1v) is 4.56. The third-order valence-corrected chi connectivity index (χ3v) is 2.26. The highest BCUT2D eigenvalue weighted by atomic mass is 16.1. The van der Waals surface area contributed by atoms with Gasteiger partial charge in [-0.15, -0.1) is 0 Å². The molecule has 0 bridgehead atoms. The maximum Gasteiger partial charge on any atom is 0.252 e. The van der Waals surface area contributed by atoms with E-state index in [1.54, 1.807) is 19.3 Å². The van der Waals surface area contributed by atoms with Crippen molar-refractivity contribution in [2.45, 2.75) is 0 Å². The number of hydrogen-bond donors (Lipinski definition) is 1. The molecule has 0 saturated heterocycles. The zero-order valence-electron chi connectivity index (χ0n) is 8.34. The van der Waals surface area contributed by atoms with Gasteiger partial charge in [0.2, 0.25) is 0 Å². The fourth-order valence-electron chi connectivity index (χ4n) is 1.34. The molecule has 2 aromatic rings. The molecule has 0 atom stereocenters. The van der Waals surface area contributed by atoms with Crippen molar-refractivity contribution in [3.8, 4) is 11.3 Å². The average molecular weight is 201 g/mol. The molecule has 0 spiro atoms. The first kappa shape index (κ1) is 9.45. The molecule has 0 amide bonds. The highest BCUT2D eigenvalue weighted by Crippen LogP contribution is 2.15. The van der Waals surface area contributed by atoms with Gasteiger partial charge in [0.25, 0.3) is 5.56 Å². The lowest BCUT2D eigenvalue weighted by atomic mass is 10.2. The molecule has 0 unspecified atom stereocenters. The van der Waals surface area contributed by atoms with Gasteiger partial charge in [-0.25, -0.2) is 0 Å². The molecule has 2 N–H and O–H groups in total. The number of aromatic nitrogens is 2. The van der Waals surface area contributed by atoms with E-state index in [1.165, 1.54) is 10.6 Å². The van der Waals surface area contributed by atoms with Crippen LogP contribution in [0.25, 0.3) is 11.3 Å². The second kappa shape index (κ2) is 3.57. The van der Waals surface area contributed by atoms with Crippen LogP contribution in [-0.2, 0) is 7.05 Å². The molecule has 2 aromatic heterocycles. The zero-order valence-corrected chi connectivity index (χ0v) is 8.34. The van der Waals surface area contributed by atoms with Gasteiger partial charge < -0.3 is 5.73 Å². The molecule has 2 rings (SSSR count). The highest BCUT2D eigenvalue weighted by molar-refractivity contribution is 5.61. The highest BCUT2D eigenvalue weighted by Gasteiger charge is 2.03. The van der Waals surface area contributed by atoms with E-state index in [-0.39, 0.29) is 5.56 Å². The van der Waals surface area contributed by atoms with Crippen LogP contribution in [0, 0.1) is 0 Å². The predicted molar refractivity (Wildman–Crippen MR) is 59.3 cm³/mol. The number of hydrogen-bond acceptors (Lipinski definition) is 3. The summed E-state index contributed by atoms with van der Waals surface area (Å²) in [7, 11) is 1.64. The van der Waals surface area contributed by atoms with Crippen LogP contribution >= 0.6 is 0 Å². The Balaban J connectivity index is 2.61. The summed E-state index contributed by atoms with van der Waals surface area (Å²) in [5.41, 5.74) is 7.06. The molecule has 0 fully saturated rings. The summed E-state index contributed by atoms with van der Waals surface area (Å²) in [4.78, 5) is 15.6. The van der Waals surface area contributed by atoms with Gasteiger partial charge in [-0.1, -0.05) is 6.07 Å². The Hall–Kier alpha value is -2.10. The van der Waals surface area contributed by atoms with Crippen LogP contribution < -0.4 is 11.3 Å². The molecule has 0 aromatic carbocycles. The summed E-state index contributed by atoms with van der Waals surface area (Å²) in [6, 6.07) is 8.81. The molecule has 15 heavy (non-hydrogen) atoms. The molecular formula is C11H11N3O. The summed E-state index contributed by atoms with van der Waals surface area (Å²) < 4.78 is 1.40. The quantitative estimate of drug-likeness (QED) is 0.749. The lowest BCUT2D eigenvalue weighted by molar-refractivity contribution is 0.875. The maximum atomic E-state index is 11.5. The van der Waals surface area contributed by atoms with Crippen LogP contribution in [0.4, 0.5) is 5.82 Å². The van der Waals surface area contributed by atoms with Crippen molar-refractivity contribution in [3.63, 3.8) is 0 Å². The molecule has 0 radical (unpaired) electrons. The number of nitrogen functional groups attached to an aromatic ring is 1. The molecule has 76 valence electrons. The van der Waals surface area contributed by atoms with Crippen LogP contribution in [0.1, 0.15) is 0 Å². The van der Waals surface area contributed by atoms with Crippen molar-refractivity contribution in [1.82, 2.24) is 9.55 Å². The Labute approximate surface area is 87.0 Å². The van der Waals surface area contributed by atoms with Gasteiger partial charge in [-0.3, -0.25) is 14.3 Å². The van der Waals surface area contributed by atoms with Gasteiger partial charge in [0.15, 0.2) is 0 Å². The topological polar surface area (TPSA) is 60.9 Å². The molecule has 4 heteroatoms. The van der Waals surface area contributed by atoms with Crippen molar-refractivity contribution >= 4 is 5.82 Å². The van der Waals surface area contributed by atoms with Crippen LogP contribution in [0.2, 0.25) is 0 Å². The second-order valence-corrected chi connectivity index (χ2v) is 3.28. The Morgan fingerprint density at radius 1 is 1.33 bits per heavy atom. The minimum atomic E-state index is -0.129. The summed E-state index contributed by atoms with van der Waals surface area (Å²) in [6.45, 7) is 0. The van der Waals surface area contributed by atoms with Crippen molar-refractivity contribution in [3.05, 3.63) is 46.9 Å². The van der Waals surface area contributed by atoms with Crippen LogP contribution in [0.5, 0.6) is 0 Å². The molecule has 0 aliphatic rings. The number of nitrogens with zero attached hydrogens (tertiary/aromatic N) is 2. The number of pyridine rings is 2. The van der Waals surface area contributed by atoms with Crippen molar-refractivity contribution in [2.24, 2.45) is 7.05 Å². The van der Waals surface area contributed by atoms with E-state index >= 15 is 0 Å². The Morgan fingerprint density at radius 2 is 2.13 bits per heavy atom. The lowest BCUT2D eigenvalue weighted by Gasteiger charge is -2.05. The van der Waals surface area contributed by atoms with E-state index in [1.807, 2.05) is 18.2 Å². The van der Waals surface area contributed by atoms with E-state index < -0.39 is 0 Å². The van der Waals surface area contributed by atoms with Gasteiger partial charge >= 0.3 is 0 Å². The van der Waals surface area contributed by atoms with Crippen molar-refractivity contribution in [1.29, 1.82) is 0 Å². The van der Waals surface area contributed by atoms with E-state index in [2.05, 4.69) is 4.98 Å². The lowest BCUT2D eigenvalue weighted by Crippen LogP contribution is -2.18. The van der Waals surface area contributed by atoms with Crippen molar-refractivity contribution in [2.75, 3.05) is 5.73 Å². The van der Waals surface area contributed by atoms with Crippen LogP contribution in [0.15, 0.2) is 41.3 Å². The number of nitrogens with two attached hydrogens (primary N) is 1. The van der Waals surface area contributed by atoms with Gasteiger partial charge in [-0.2, -0.15) is 0 Å². The summed E-state index contributed by atoms with van der Waals surface area (Å²) in [5.74, 6) is 0.433. The maximum absolute atomic E-state index is 11.5. The average Bonchev–Trinajstić information content (AvgIpc) is 2.26. The van der Waals surface area contributed by atoms with E-state index in [0.717, 1.165) is 11.3 Å². The smallest absolute Gasteiger partial charge is 0.252 e. The monoisotopic (exact) mass is 201 g/mol. The Kier molecular flexibility index (Phi) is 2.25. The largest absolute Gasteiger partial charge is 0.385 e. The second-order valence-electron chi connectivity index (χ2n) is 3.28. The van der Waals surface area contributed by atoms with Crippen LogP contribution in [0.3, 0.4) is 0 Å². The Bertz CT molecular complexity index is 531. The summed E-state index contributed by atoms with van der Waals surface area (Å²) in [5, 5.41) is 0. The minimum Gasteiger partial charge on any atom is -0.385 e. The van der Waals surface area contributed by atoms with Crippen molar-refractivity contribution < 1.29 is 0 Å². The fourth-order valence-corrected chi connectivity index (χ4v) is 1.34. The van der Waals surface area contributed by atoms with E-state index in [0.29, 0.717) is 5.82 Å². The summed E-state index contributed by atoms with van der Waals surface area (Å²) in [6.07, 6.45) is 1.68. The molecule has 2 heterocycles. The first-order valence-electron chi connectivity index (χ1n) is 4.56. The zero-order chi connectivity index (χ0) is 10.8. The summed E-state index contributed by atoms with van der Waals surface area (Å²) >= 11 is 0. The molecular weight excluding hydrogens is 190 g/mol. The number of rotatable bonds is 1. The normalized spacial score (nSPS) is 10.2. The Morgan fingerprint density at radius 3 is 2.73 bits per heavy atom. The van der Waals surface area contributed by atoms with Gasteiger partial charge in [0.05, 0.1) is 5.69 Å². The van der Waals surface area contributed by atoms with E-state index in [4.69, 9.17) is 5.73 Å². The van der Waals surface area contributed by atoms with Gasteiger partial charge in [0.1, 0.15) is 5.82 Å². The first-order chi connectivity index (χ1) is 7.18. The van der Waals surface area contributed by atoms with Gasteiger partial charge in [-0.05, 0) is 18.2 Å². The van der Waals surface area contributed by atoms with E-state index in [9.17, 15) is 4.79 Å². The number of anilines is 1.